The Bertz CT molecular complexity index is 191. The van der Waals surface area contributed by atoms with Crippen molar-refractivity contribution in [3.63, 3.8) is 0 Å². The summed E-state index contributed by atoms with van der Waals surface area (Å²) in [5.41, 5.74) is 1.12. The van der Waals surface area contributed by atoms with Crippen LogP contribution >= 0.6 is 0 Å². The summed E-state index contributed by atoms with van der Waals surface area (Å²) in [6.07, 6.45) is 2.62. The number of rotatable bonds is 0. The first-order valence-corrected chi connectivity index (χ1v) is 3.49. The van der Waals surface area contributed by atoms with Crippen LogP contribution in [-0.4, -0.2) is 11.4 Å². The van der Waals surface area contributed by atoms with Crippen molar-refractivity contribution in [3.8, 4) is 0 Å². The van der Waals surface area contributed by atoms with Crippen LogP contribution in [0.2, 0.25) is 0 Å². The van der Waals surface area contributed by atoms with Gasteiger partial charge < -0.3 is 5.32 Å². The van der Waals surface area contributed by atoms with E-state index in [1.54, 1.807) is 6.08 Å². The van der Waals surface area contributed by atoms with Crippen molar-refractivity contribution in [3.05, 3.63) is 11.6 Å². The predicted molar refractivity (Wildman–Crippen MR) is 40.6 cm³/mol. The normalized spacial score (nSPS) is 23.5. The van der Waals surface area contributed by atoms with Gasteiger partial charge in [-0.3, -0.25) is 4.79 Å². The molecule has 0 fully saturated rings. The van der Waals surface area contributed by atoms with Crippen LogP contribution < -0.4 is 5.32 Å². The van der Waals surface area contributed by atoms with Crippen LogP contribution in [0.3, 0.4) is 0 Å². The summed E-state index contributed by atoms with van der Waals surface area (Å²) in [4.78, 5) is 10.9. The highest BCUT2D eigenvalue weighted by atomic mass is 16.1. The van der Waals surface area contributed by atoms with Crippen LogP contribution in [0.4, 0.5) is 0 Å². The van der Waals surface area contributed by atoms with Gasteiger partial charge in [0.05, 0.1) is 0 Å². The molecule has 1 aliphatic rings. The van der Waals surface area contributed by atoms with Crippen LogP contribution in [0, 0.1) is 0 Å². The number of hydrogen-bond donors (Lipinski definition) is 1. The number of carbonyl (C=O) groups is 1. The fraction of sp³-hybridized carbons (Fsp3) is 0.625. The molecule has 0 aromatic rings. The second-order valence-electron chi connectivity index (χ2n) is 3.54. The van der Waals surface area contributed by atoms with Crippen LogP contribution in [0.15, 0.2) is 11.6 Å². The van der Waals surface area contributed by atoms with E-state index in [4.69, 9.17) is 0 Å². The quantitative estimate of drug-likeness (QED) is 0.537. The lowest BCUT2D eigenvalue weighted by molar-refractivity contribution is -0.118. The lowest BCUT2D eigenvalue weighted by Gasteiger charge is -2.29. The first-order chi connectivity index (χ1) is 4.49. The summed E-state index contributed by atoms with van der Waals surface area (Å²) in [5.74, 6) is 0.0359. The molecule has 10 heavy (non-hydrogen) atoms. The number of hydrogen-bond acceptors (Lipinski definition) is 1. The summed E-state index contributed by atoms with van der Waals surface area (Å²) in [6.45, 7) is 6.04. The highest BCUT2D eigenvalue weighted by Crippen LogP contribution is 2.18. The second-order valence-corrected chi connectivity index (χ2v) is 3.54. The fourth-order valence-electron chi connectivity index (χ4n) is 1.39. The Labute approximate surface area is 61.3 Å². The van der Waals surface area contributed by atoms with Crippen LogP contribution in [0.1, 0.15) is 27.2 Å². The third-order valence-corrected chi connectivity index (χ3v) is 1.56. The summed E-state index contributed by atoms with van der Waals surface area (Å²) in [6, 6.07) is 0. The van der Waals surface area contributed by atoms with Gasteiger partial charge in [0.15, 0.2) is 0 Å². The fourth-order valence-corrected chi connectivity index (χ4v) is 1.39. The molecule has 56 valence electrons. The zero-order valence-electron chi connectivity index (χ0n) is 6.69. The monoisotopic (exact) mass is 139 g/mol. The molecule has 0 radical (unpaired) electrons. The molecule has 0 spiro atoms. The van der Waals surface area contributed by atoms with Crippen molar-refractivity contribution in [2.75, 3.05) is 0 Å². The van der Waals surface area contributed by atoms with Gasteiger partial charge in [-0.2, -0.15) is 0 Å². The van der Waals surface area contributed by atoms with Crippen molar-refractivity contribution in [1.82, 2.24) is 5.32 Å². The van der Waals surface area contributed by atoms with Crippen LogP contribution in [0.25, 0.3) is 0 Å². The first kappa shape index (κ1) is 7.32. The maximum Gasteiger partial charge on any atom is 0.244 e. The largest absolute Gasteiger partial charge is 0.347 e. The average Bonchev–Trinajstić information content (AvgIpc) is 1.54. The van der Waals surface area contributed by atoms with E-state index in [9.17, 15) is 4.79 Å². The molecule has 0 saturated heterocycles. The molecule has 0 aromatic heterocycles. The Morgan fingerprint density at radius 2 is 2.20 bits per heavy atom. The maximum atomic E-state index is 10.9. The molecule has 1 aliphatic heterocycles. The van der Waals surface area contributed by atoms with Crippen LogP contribution in [0.5, 0.6) is 0 Å². The molecule has 0 aromatic carbocycles. The lowest BCUT2D eigenvalue weighted by atomic mass is 9.92. The van der Waals surface area contributed by atoms with Gasteiger partial charge >= 0.3 is 0 Å². The Balaban J connectivity index is 2.80. The Hall–Kier alpha value is -0.790. The van der Waals surface area contributed by atoms with Gasteiger partial charge in [0, 0.05) is 11.6 Å². The molecule has 0 aliphatic carbocycles. The second kappa shape index (κ2) is 2.11. The summed E-state index contributed by atoms with van der Waals surface area (Å²) in [5, 5.41) is 2.87. The molecular weight excluding hydrogens is 126 g/mol. The van der Waals surface area contributed by atoms with Gasteiger partial charge in [-0.15, -0.1) is 0 Å². The van der Waals surface area contributed by atoms with Gasteiger partial charge in [0.25, 0.3) is 0 Å². The topological polar surface area (TPSA) is 29.1 Å². The summed E-state index contributed by atoms with van der Waals surface area (Å²) in [7, 11) is 0. The first-order valence-electron chi connectivity index (χ1n) is 3.49. The third kappa shape index (κ3) is 1.59. The van der Waals surface area contributed by atoms with E-state index in [2.05, 4.69) is 5.32 Å². The predicted octanol–water partition coefficient (Wildman–Crippen LogP) is 1.23. The van der Waals surface area contributed by atoms with Gasteiger partial charge in [-0.05, 0) is 27.2 Å². The number of nitrogens with one attached hydrogen (secondary N) is 1. The highest BCUT2D eigenvalue weighted by molar-refractivity contribution is 5.89. The molecule has 1 rings (SSSR count). The minimum absolute atomic E-state index is 0.0359. The molecule has 1 heterocycles. The minimum Gasteiger partial charge on any atom is -0.347 e. The molecule has 2 nitrogen and oxygen atoms in total. The summed E-state index contributed by atoms with van der Waals surface area (Å²) >= 11 is 0. The Morgan fingerprint density at radius 1 is 1.60 bits per heavy atom. The van der Waals surface area contributed by atoms with Crippen molar-refractivity contribution in [2.24, 2.45) is 0 Å². The molecule has 1 amide bonds. The average molecular weight is 139 g/mol. The number of carbonyl (C=O) groups excluding carboxylic acids is 1. The van der Waals surface area contributed by atoms with Gasteiger partial charge in [-0.25, -0.2) is 0 Å². The Morgan fingerprint density at radius 3 is 2.60 bits per heavy atom. The minimum atomic E-state index is -0.0457. The van der Waals surface area contributed by atoms with E-state index in [0.717, 1.165) is 12.0 Å². The zero-order chi connectivity index (χ0) is 7.78. The van der Waals surface area contributed by atoms with Gasteiger partial charge in [0.2, 0.25) is 5.91 Å². The molecule has 0 unspecified atom stereocenters. The van der Waals surface area contributed by atoms with E-state index in [0.29, 0.717) is 0 Å². The van der Waals surface area contributed by atoms with Crippen molar-refractivity contribution in [1.29, 1.82) is 0 Å². The molecule has 2 heteroatoms. The smallest absolute Gasteiger partial charge is 0.244 e. The molecule has 0 bridgehead atoms. The van der Waals surface area contributed by atoms with E-state index in [-0.39, 0.29) is 11.4 Å². The van der Waals surface area contributed by atoms with E-state index >= 15 is 0 Å². The van der Waals surface area contributed by atoms with E-state index < -0.39 is 0 Å². The van der Waals surface area contributed by atoms with Crippen molar-refractivity contribution >= 4 is 5.91 Å². The van der Waals surface area contributed by atoms with Gasteiger partial charge in [0.1, 0.15) is 0 Å². The number of amides is 1. The van der Waals surface area contributed by atoms with E-state index in [1.165, 1.54) is 0 Å². The summed E-state index contributed by atoms with van der Waals surface area (Å²) < 4.78 is 0. The Kier molecular flexibility index (Phi) is 1.55. The van der Waals surface area contributed by atoms with E-state index in [1.807, 2.05) is 20.8 Å². The molecule has 0 atom stereocenters. The third-order valence-electron chi connectivity index (χ3n) is 1.56. The molecule has 0 saturated carbocycles. The van der Waals surface area contributed by atoms with Crippen molar-refractivity contribution in [2.45, 2.75) is 32.7 Å². The SMILES string of the molecule is CC1=CC(=O)NC(C)(C)C1. The molecular formula is C8H13NO. The lowest BCUT2D eigenvalue weighted by Crippen LogP contribution is -2.45. The van der Waals surface area contributed by atoms with Crippen LogP contribution in [-0.2, 0) is 4.79 Å². The molecule has 1 N–H and O–H groups in total. The van der Waals surface area contributed by atoms with Crippen molar-refractivity contribution < 1.29 is 4.79 Å². The highest BCUT2D eigenvalue weighted by Gasteiger charge is 2.23. The van der Waals surface area contributed by atoms with Gasteiger partial charge in [-0.1, -0.05) is 5.57 Å². The maximum absolute atomic E-state index is 10.9. The zero-order valence-corrected chi connectivity index (χ0v) is 6.69. The standard InChI is InChI=1S/C8H13NO/c1-6-4-7(10)9-8(2,3)5-6/h4H,5H2,1-3H3,(H,9,10).